The molecule has 0 aromatic heterocycles. The van der Waals surface area contributed by atoms with Crippen LogP contribution in [0.4, 0.5) is 5.69 Å². The van der Waals surface area contributed by atoms with E-state index in [1.165, 1.54) is 0 Å². The van der Waals surface area contributed by atoms with Crippen LogP contribution in [0.15, 0.2) is 24.3 Å². The number of hydrogen-bond acceptors (Lipinski definition) is 3. The molecule has 1 aliphatic heterocycles. The molecule has 0 bridgehead atoms. The van der Waals surface area contributed by atoms with Crippen molar-refractivity contribution in [3.8, 4) is 5.75 Å². The minimum absolute atomic E-state index is 0.00234. The predicted molar refractivity (Wildman–Crippen MR) is 65.1 cm³/mol. The Bertz CT molecular complexity index is 400. The van der Waals surface area contributed by atoms with Crippen LogP contribution in [0.3, 0.4) is 0 Å². The molecule has 0 radical (unpaired) electrons. The molecule has 2 rings (SSSR count). The van der Waals surface area contributed by atoms with Gasteiger partial charge in [-0.15, -0.1) is 0 Å². The maximum absolute atomic E-state index is 11.7. The van der Waals surface area contributed by atoms with Gasteiger partial charge in [0.15, 0.2) is 0 Å². The van der Waals surface area contributed by atoms with Gasteiger partial charge in [-0.3, -0.25) is 9.69 Å². The Morgan fingerprint density at radius 2 is 2.00 bits per heavy atom. The van der Waals surface area contributed by atoms with Gasteiger partial charge >= 0.3 is 0 Å². The van der Waals surface area contributed by atoms with E-state index in [0.29, 0.717) is 6.73 Å². The normalized spacial score (nSPS) is 20.1. The highest BCUT2D eigenvalue weighted by Crippen LogP contribution is 2.23. The Kier molecular flexibility index (Phi) is 3.33. The number of anilines is 1. The minimum Gasteiger partial charge on any atom is -0.491 e. The fourth-order valence-corrected chi connectivity index (χ4v) is 1.72. The first-order valence-electron chi connectivity index (χ1n) is 5.77. The number of benzene rings is 1. The molecule has 1 atom stereocenters. The van der Waals surface area contributed by atoms with Crippen molar-refractivity contribution in [1.82, 2.24) is 0 Å². The quantitative estimate of drug-likeness (QED) is 0.806. The molecule has 92 valence electrons. The van der Waals surface area contributed by atoms with E-state index in [0.717, 1.165) is 11.4 Å². The molecule has 17 heavy (non-hydrogen) atoms. The molecule has 1 aliphatic rings. The van der Waals surface area contributed by atoms with Gasteiger partial charge in [0.05, 0.1) is 6.10 Å². The number of ether oxygens (including phenoxy) is 2. The van der Waals surface area contributed by atoms with Crippen molar-refractivity contribution in [1.29, 1.82) is 0 Å². The lowest BCUT2D eigenvalue weighted by molar-refractivity contribution is -0.121. The fraction of sp³-hybridized carbons (Fsp3) is 0.462. The highest BCUT2D eigenvalue weighted by atomic mass is 16.5. The number of carbonyl (C=O) groups is 1. The molecule has 0 aliphatic carbocycles. The summed E-state index contributed by atoms with van der Waals surface area (Å²) < 4.78 is 10.8. The van der Waals surface area contributed by atoms with Gasteiger partial charge in [0.2, 0.25) is 0 Å². The van der Waals surface area contributed by atoms with E-state index in [9.17, 15) is 4.79 Å². The molecular weight excluding hydrogens is 218 g/mol. The number of nitrogens with zero attached hydrogens (tertiary/aromatic N) is 1. The smallest absolute Gasteiger partial charge is 0.257 e. The van der Waals surface area contributed by atoms with E-state index in [-0.39, 0.29) is 18.1 Å². The molecule has 1 unspecified atom stereocenters. The Labute approximate surface area is 101 Å². The van der Waals surface area contributed by atoms with Crippen LogP contribution in [0.25, 0.3) is 0 Å². The van der Waals surface area contributed by atoms with Crippen LogP contribution in [0.2, 0.25) is 0 Å². The zero-order valence-corrected chi connectivity index (χ0v) is 10.3. The molecule has 1 amide bonds. The van der Waals surface area contributed by atoms with Crippen molar-refractivity contribution in [3.63, 3.8) is 0 Å². The van der Waals surface area contributed by atoms with Gasteiger partial charge in [0, 0.05) is 5.69 Å². The van der Waals surface area contributed by atoms with Crippen molar-refractivity contribution in [2.75, 3.05) is 11.6 Å². The molecule has 1 aromatic rings. The van der Waals surface area contributed by atoms with Crippen LogP contribution >= 0.6 is 0 Å². The number of carbonyl (C=O) groups excluding carboxylic acids is 1. The third kappa shape index (κ3) is 2.58. The average Bonchev–Trinajstić information content (AvgIpc) is 2.60. The SMILES string of the molecule is CC(C)Oc1ccc(N2COC(C)C2=O)cc1. The van der Waals surface area contributed by atoms with Gasteiger partial charge < -0.3 is 9.47 Å². The third-order valence-corrected chi connectivity index (χ3v) is 2.59. The van der Waals surface area contributed by atoms with Crippen molar-refractivity contribution in [2.45, 2.75) is 33.0 Å². The summed E-state index contributed by atoms with van der Waals surface area (Å²) in [6, 6.07) is 7.48. The fourth-order valence-electron chi connectivity index (χ4n) is 1.72. The highest BCUT2D eigenvalue weighted by Gasteiger charge is 2.29. The van der Waals surface area contributed by atoms with E-state index in [1.807, 2.05) is 38.1 Å². The first kappa shape index (κ1) is 11.9. The number of rotatable bonds is 3. The Balaban J connectivity index is 2.10. The van der Waals surface area contributed by atoms with Crippen LogP contribution in [0.1, 0.15) is 20.8 Å². The summed E-state index contributed by atoms with van der Waals surface area (Å²) in [5, 5.41) is 0. The van der Waals surface area contributed by atoms with Crippen LogP contribution in [0.5, 0.6) is 5.75 Å². The second kappa shape index (κ2) is 4.75. The van der Waals surface area contributed by atoms with Gasteiger partial charge in [-0.05, 0) is 45.0 Å². The van der Waals surface area contributed by atoms with Crippen molar-refractivity contribution < 1.29 is 14.3 Å². The largest absolute Gasteiger partial charge is 0.491 e. The lowest BCUT2D eigenvalue weighted by atomic mass is 10.2. The molecule has 0 N–H and O–H groups in total. The lowest BCUT2D eigenvalue weighted by Crippen LogP contribution is -2.27. The average molecular weight is 235 g/mol. The maximum atomic E-state index is 11.7. The first-order chi connectivity index (χ1) is 8.08. The van der Waals surface area contributed by atoms with Gasteiger partial charge in [-0.1, -0.05) is 0 Å². The topological polar surface area (TPSA) is 38.8 Å². The third-order valence-electron chi connectivity index (χ3n) is 2.59. The van der Waals surface area contributed by atoms with Gasteiger partial charge in [0.25, 0.3) is 5.91 Å². The zero-order valence-electron chi connectivity index (χ0n) is 10.3. The van der Waals surface area contributed by atoms with E-state index < -0.39 is 0 Å². The van der Waals surface area contributed by atoms with Crippen molar-refractivity contribution in [2.24, 2.45) is 0 Å². The molecule has 4 heteroatoms. The Morgan fingerprint density at radius 3 is 2.47 bits per heavy atom. The summed E-state index contributed by atoms with van der Waals surface area (Å²) in [6.45, 7) is 6.05. The van der Waals surface area contributed by atoms with Gasteiger partial charge in [-0.2, -0.15) is 0 Å². The molecule has 1 heterocycles. The summed E-state index contributed by atoms with van der Waals surface area (Å²) in [4.78, 5) is 13.4. The summed E-state index contributed by atoms with van der Waals surface area (Å²) >= 11 is 0. The van der Waals surface area contributed by atoms with E-state index in [1.54, 1.807) is 11.8 Å². The minimum atomic E-state index is -0.346. The monoisotopic (exact) mass is 235 g/mol. The van der Waals surface area contributed by atoms with Crippen molar-refractivity contribution in [3.05, 3.63) is 24.3 Å². The lowest BCUT2D eigenvalue weighted by Gasteiger charge is -2.15. The van der Waals surface area contributed by atoms with E-state index in [4.69, 9.17) is 9.47 Å². The second-order valence-electron chi connectivity index (χ2n) is 4.36. The Morgan fingerprint density at radius 1 is 1.35 bits per heavy atom. The molecule has 0 saturated carbocycles. The van der Waals surface area contributed by atoms with E-state index >= 15 is 0 Å². The zero-order chi connectivity index (χ0) is 12.4. The first-order valence-corrected chi connectivity index (χ1v) is 5.77. The molecule has 1 saturated heterocycles. The van der Waals surface area contributed by atoms with Crippen LogP contribution < -0.4 is 9.64 Å². The molecule has 0 spiro atoms. The van der Waals surface area contributed by atoms with Gasteiger partial charge in [-0.25, -0.2) is 0 Å². The highest BCUT2D eigenvalue weighted by molar-refractivity contribution is 5.97. The maximum Gasteiger partial charge on any atom is 0.257 e. The molecular formula is C13H17NO3. The summed E-state index contributed by atoms with van der Waals surface area (Å²) in [5.41, 5.74) is 0.843. The summed E-state index contributed by atoms with van der Waals surface area (Å²) in [7, 11) is 0. The van der Waals surface area contributed by atoms with Gasteiger partial charge in [0.1, 0.15) is 18.6 Å². The second-order valence-corrected chi connectivity index (χ2v) is 4.36. The number of amides is 1. The molecule has 1 aromatic carbocycles. The summed E-state index contributed by atoms with van der Waals surface area (Å²) in [5.74, 6) is 0.812. The number of hydrogen-bond donors (Lipinski definition) is 0. The summed E-state index contributed by atoms with van der Waals surface area (Å²) in [6.07, 6.45) is -0.195. The molecule has 1 fully saturated rings. The standard InChI is InChI=1S/C13H17NO3/c1-9(2)17-12-6-4-11(5-7-12)14-8-16-10(3)13(14)15/h4-7,9-10H,8H2,1-3H3. The van der Waals surface area contributed by atoms with Crippen molar-refractivity contribution >= 4 is 11.6 Å². The van der Waals surface area contributed by atoms with Crippen LogP contribution in [-0.2, 0) is 9.53 Å². The van der Waals surface area contributed by atoms with Crippen LogP contribution in [0, 0.1) is 0 Å². The molecule has 4 nitrogen and oxygen atoms in total. The predicted octanol–water partition coefficient (Wildman–Crippen LogP) is 2.18. The van der Waals surface area contributed by atoms with Crippen LogP contribution in [-0.4, -0.2) is 24.8 Å². The Hall–Kier alpha value is -1.55. The van der Waals surface area contributed by atoms with E-state index in [2.05, 4.69) is 0 Å².